The van der Waals surface area contributed by atoms with Gasteiger partial charge in [0.05, 0.1) is 21.6 Å². The number of carboxylic acid groups (broad SMARTS) is 1. The van der Waals surface area contributed by atoms with Gasteiger partial charge in [0.1, 0.15) is 5.82 Å². The van der Waals surface area contributed by atoms with Crippen LogP contribution in [0.3, 0.4) is 0 Å². The minimum Gasteiger partial charge on any atom is -0.478 e. The summed E-state index contributed by atoms with van der Waals surface area (Å²) in [6, 6.07) is 6.19. The molecule has 8 heteroatoms. The smallest absolute Gasteiger partial charge is 0.337 e. The fourth-order valence-corrected chi connectivity index (χ4v) is 3.01. The van der Waals surface area contributed by atoms with E-state index in [1.807, 2.05) is 12.1 Å². The molecule has 0 unspecified atom stereocenters. The molecule has 0 saturated heterocycles. The van der Waals surface area contributed by atoms with Crippen molar-refractivity contribution in [1.82, 2.24) is 5.32 Å². The van der Waals surface area contributed by atoms with Crippen LogP contribution >= 0.6 is 27.3 Å². The molecule has 110 valence electrons. The second-order valence-electron chi connectivity index (χ2n) is 4.01. The van der Waals surface area contributed by atoms with Crippen molar-refractivity contribution in [2.45, 2.75) is 6.54 Å². The van der Waals surface area contributed by atoms with E-state index in [9.17, 15) is 14.0 Å². The normalized spacial score (nSPS) is 10.2. The van der Waals surface area contributed by atoms with Gasteiger partial charge in [0.15, 0.2) is 0 Å². The Bertz CT molecular complexity index is 690. The van der Waals surface area contributed by atoms with E-state index in [-0.39, 0.29) is 11.3 Å². The maximum absolute atomic E-state index is 13.1. The largest absolute Gasteiger partial charge is 0.478 e. The lowest BCUT2D eigenvalue weighted by Crippen LogP contribution is -2.28. The molecule has 0 aliphatic heterocycles. The van der Waals surface area contributed by atoms with Crippen molar-refractivity contribution >= 4 is 45.0 Å². The first-order valence-electron chi connectivity index (χ1n) is 5.77. The second-order valence-corrected chi connectivity index (χ2v) is 6.56. The molecule has 5 nitrogen and oxygen atoms in total. The monoisotopic (exact) mass is 372 g/mol. The number of urea groups is 1. The predicted octanol–water partition coefficient (Wildman–Crippen LogP) is 3.67. The summed E-state index contributed by atoms with van der Waals surface area (Å²) in [6.45, 7) is 0.291. The lowest BCUT2D eigenvalue weighted by atomic mass is 10.2. The topological polar surface area (TPSA) is 78.4 Å². The molecule has 0 saturated carbocycles. The van der Waals surface area contributed by atoms with Crippen LogP contribution in [0.5, 0.6) is 0 Å². The number of nitrogens with one attached hydrogen (secondary N) is 2. The molecule has 0 spiro atoms. The zero-order valence-electron chi connectivity index (χ0n) is 10.5. The second kappa shape index (κ2) is 6.68. The van der Waals surface area contributed by atoms with Gasteiger partial charge in [-0.05, 0) is 46.3 Å². The van der Waals surface area contributed by atoms with Gasteiger partial charge in [-0.3, -0.25) is 0 Å². The molecule has 1 aromatic carbocycles. The molecule has 0 aliphatic carbocycles. The van der Waals surface area contributed by atoms with Crippen LogP contribution in [0.4, 0.5) is 14.9 Å². The Morgan fingerprint density at radius 3 is 2.67 bits per heavy atom. The first-order chi connectivity index (χ1) is 9.95. The maximum atomic E-state index is 13.1. The highest BCUT2D eigenvalue weighted by Gasteiger charge is 2.13. The van der Waals surface area contributed by atoms with Gasteiger partial charge in [0, 0.05) is 4.88 Å². The van der Waals surface area contributed by atoms with Crippen LogP contribution in [0.15, 0.2) is 34.1 Å². The highest BCUT2D eigenvalue weighted by atomic mass is 79.9. The fourth-order valence-electron chi connectivity index (χ4n) is 1.59. The number of halogens is 2. The molecule has 21 heavy (non-hydrogen) atoms. The van der Waals surface area contributed by atoms with E-state index in [0.717, 1.165) is 26.9 Å². The molecule has 3 N–H and O–H groups in total. The molecule has 0 fully saturated rings. The van der Waals surface area contributed by atoms with Crippen LogP contribution in [0.2, 0.25) is 0 Å². The highest BCUT2D eigenvalue weighted by Crippen LogP contribution is 2.22. The lowest BCUT2D eigenvalue weighted by Gasteiger charge is -2.09. The summed E-state index contributed by atoms with van der Waals surface area (Å²) in [6.07, 6.45) is 0. The summed E-state index contributed by atoms with van der Waals surface area (Å²) < 4.78 is 14.1. The predicted molar refractivity (Wildman–Crippen MR) is 81.2 cm³/mol. The van der Waals surface area contributed by atoms with Crippen molar-refractivity contribution in [3.05, 3.63) is 50.4 Å². The number of carbonyl (C=O) groups excluding carboxylic acids is 1. The zero-order valence-corrected chi connectivity index (χ0v) is 12.9. The molecule has 0 radical (unpaired) electrons. The average Bonchev–Trinajstić information content (AvgIpc) is 2.82. The van der Waals surface area contributed by atoms with E-state index in [2.05, 4.69) is 26.6 Å². The quantitative estimate of drug-likeness (QED) is 0.765. The van der Waals surface area contributed by atoms with Gasteiger partial charge in [-0.1, -0.05) is 0 Å². The number of hydrogen-bond donors (Lipinski definition) is 3. The summed E-state index contributed by atoms with van der Waals surface area (Å²) in [5.74, 6) is -1.87. The molecule has 0 bridgehead atoms. The third kappa shape index (κ3) is 4.27. The van der Waals surface area contributed by atoms with Crippen molar-refractivity contribution in [2.75, 3.05) is 5.32 Å². The Kier molecular flexibility index (Phi) is 4.92. The van der Waals surface area contributed by atoms with E-state index < -0.39 is 17.8 Å². The van der Waals surface area contributed by atoms with E-state index >= 15 is 0 Å². The Labute approximate surface area is 131 Å². The third-order valence-corrected chi connectivity index (χ3v) is 4.14. The number of carboxylic acids is 1. The summed E-state index contributed by atoms with van der Waals surface area (Å²) in [7, 11) is 0. The minimum atomic E-state index is -1.24. The van der Waals surface area contributed by atoms with E-state index in [1.54, 1.807) is 0 Å². The molecular weight excluding hydrogens is 363 g/mol. The molecule has 2 aromatic rings. The van der Waals surface area contributed by atoms with Crippen molar-refractivity contribution in [3.63, 3.8) is 0 Å². The SMILES string of the molecule is O=C(NCc1ccc(Br)s1)Nc1cc(F)ccc1C(=O)O. The standard InChI is InChI=1S/C13H10BrFN2O3S/c14-11-4-2-8(21-11)6-16-13(20)17-10-5-7(15)1-3-9(10)12(18)19/h1-5H,6H2,(H,18,19)(H2,16,17,20). The number of amides is 2. The van der Waals surface area contributed by atoms with Crippen molar-refractivity contribution < 1.29 is 19.1 Å². The number of rotatable bonds is 4. The molecule has 2 rings (SSSR count). The van der Waals surface area contributed by atoms with E-state index in [1.165, 1.54) is 11.3 Å². The first-order valence-corrected chi connectivity index (χ1v) is 7.38. The van der Waals surface area contributed by atoms with Crippen LogP contribution in [0.1, 0.15) is 15.2 Å². The summed E-state index contributed by atoms with van der Waals surface area (Å²) in [4.78, 5) is 23.7. The number of carbonyl (C=O) groups is 2. The Morgan fingerprint density at radius 2 is 2.05 bits per heavy atom. The van der Waals surface area contributed by atoms with Crippen LogP contribution < -0.4 is 10.6 Å². The molecule has 0 atom stereocenters. The van der Waals surface area contributed by atoms with Crippen LogP contribution in [0.25, 0.3) is 0 Å². The third-order valence-electron chi connectivity index (χ3n) is 2.51. The zero-order chi connectivity index (χ0) is 15.4. The van der Waals surface area contributed by atoms with Gasteiger partial charge in [-0.15, -0.1) is 11.3 Å². The van der Waals surface area contributed by atoms with Gasteiger partial charge in [-0.2, -0.15) is 0 Å². The number of thiophene rings is 1. The Morgan fingerprint density at radius 1 is 1.29 bits per heavy atom. The molecule has 1 aromatic heterocycles. The number of aromatic carboxylic acids is 1. The van der Waals surface area contributed by atoms with Gasteiger partial charge in [0.25, 0.3) is 0 Å². The van der Waals surface area contributed by atoms with Gasteiger partial charge >= 0.3 is 12.0 Å². The molecule has 1 heterocycles. The summed E-state index contributed by atoms with van der Waals surface area (Å²) in [5.41, 5.74) is -0.266. The van der Waals surface area contributed by atoms with Gasteiger partial charge in [0.2, 0.25) is 0 Å². The van der Waals surface area contributed by atoms with Crippen LogP contribution in [-0.2, 0) is 6.54 Å². The fraction of sp³-hybridized carbons (Fsp3) is 0.0769. The van der Waals surface area contributed by atoms with Gasteiger partial charge in [-0.25, -0.2) is 14.0 Å². The maximum Gasteiger partial charge on any atom is 0.337 e. The minimum absolute atomic E-state index is 0.0904. The lowest BCUT2D eigenvalue weighted by molar-refractivity contribution is 0.0698. The highest BCUT2D eigenvalue weighted by molar-refractivity contribution is 9.11. The molecular formula is C13H10BrFN2O3S. The summed E-state index contributed by atoms with van der Waals surface area (Å²) in [5, 5.41) is 13.9. The van der Waals surface area contributed by atoms with E-state index in [0.29, 0.717) is 6.54 Å². The number of benzene rings is 1. The average molecular weight is 373 g/mol. The Balaban J connectivity index is 2.02. The Hall–Kier alpha value is -1.93. The van der Waals surface area contributed by atoms with E-state index in [4.69, 9.17) is 5.11 Å². The van der Waals surface area contributed by atoms with Gasteiger partial charge < -0.3 is 15.7 Å². The molecule has 0 aliphatic rings. The summed E-state index contributed by atoms with van der Waals surface area (Å²) >= 11 is 4.78. The molecule has 2 amide bonds. The first kappa shape index (κ1) is 15.5. The number of anilines is 1. The van der Waals surface area contributed by atoms with Crippen molar-refractivity contribution in [2.24, 2.45) is 0 Å². The van der Waals surface area contributed by atoms with Crippen molar-refractivity contribution in [1.29, 1.82) is 0 Å². The number of hydrogen-bond acceptors (Lipinski definition) is 3. The van der Waals surface area contributed by atoms with Crippen molar-refractivity contribution in [3.8, 4) is 0 Å². The van der Waals surface area contributed by atoms with Crippen LogP contribution in [-0.4, -0.2) is 17.1 Å². The van der Waals surface area contributed by atoms with Crippen LogP contribution in [0, 0.1) is 5.82 Å².